The molecule has 1 aromatic heterocycles. The van der Waals surface area contributed by atoms with E-state index in [0.717, 1.165) is 17.4 Å². The van der Waals surface area contributed by atoms with Crippen LogP contribution in [0.5, 0.6) is 0 Å². The summed E-state index contributed by atoms with van der Waals surface area (Å²) in [6.07, 6.45) is 0. The van der Waals surface area contributed by atoms with Crippen LogP contribution in [0.4, 0.5) is 11.4 Å². The smallest absolute Gasteiger partial charge is 0.337 e. The van der Waals surface area contributed by atoms with Crippen molar-refractivity contribution in [1.29, 1.82) is 0 Å². The molecule has 0 saturated heterocycles. The molecule has 3 rings (SSSR count). The van der Waals surface area contributed by atoms with E-state index >= 15 is 0 Å². The van der Waals surface area contributed by atoms with E-state index in [9.17, 15) is 19.7 Å². The number of fused-ring (bicyclic) bond motifs is 1. The summed E-state index contributed by atoms with van der Waals surface area (Å²) in [6.45, 7) is 0. The molecule has 7 nitrogen and oxygen atoms in total. The maximum atomic E-state index is 12.6. The minimum absolute atomic E-state index is 0.0199. The molecule has 0 atom stereocenters. The topological polar surface area (TPSA) is 110 Å². The molecule has 0 fully saturated rings. The van der Waals surface area contributed by atoms with E-state index in [-0.39, 0.29) is 41.6 Å². The fourth-order valence-electron chi connectivity index (χ4n) is 2.35. The number of hydrogen-bond acceptors (Lipinski definition) is 5. The van der Waals surface area contributed by atoms with Gasteiger partial charge in [0.05, 0.1) is 31.2 Å². The average Bonchev–Trinajstić information content (AvgIpc) is 2.94. The Morgan fingerprint density at radius 2 is 1.85 bits per heavy atom. The fraction of sp³-hybridized carbons (Fsp3) is 0. The van der Waals surface area contributed by atoms with Crippen molar-refractivity contribution in [3.63, 3.8) is 0 Å². The summed E-state index contributed by atoms with van der Waals surface area (Å²) in [5.74, 6) is -1.97. The van der Waals surface area contributed by atoms with Crippen LogP contribution in [0.25, 0.3) is 10.1 Å². The number of carbonyl (C=O) groups excluding carboxylic acids is 1. The van der Waals surface area contributed by atoms with Gasteiger partial charge in [0.2, 0.25) is 0 Å². The van der Waals surface area contributed by atoms with Crippen LogP contribution in [0.1, 0.15) is 20.0 Å². The highest BCUT2D eigenvalue weighted by molar-refractivity contribution is 7.22. The Bertz CT molecular complexity index is 1130. The fourth-order valence-corrected chi connectivity index (χ4v) is 4.35. The van der Waals surface area contributed by atoms with Gasteiger partial charge in [-0.3, -0.25) is 14.9 Å². The molecule has 0 unspecified atom stereocenters. The summed E-state index contributed by atoms with van der Waals surface area (Å²) in [5.41, 5.74) is -0.392. The van der Waals surface area contributed by atoms with E-state index in [1.54, 1.807) is 6.07 Å². The molecule has 2 aromatic carbocycles. The first-order chi connectivity index (χ1) is 12.7. The van der Waals surface area contributed by atoms with Gasteiger partial charge in [-0.25, -0.2) is 4.79 Å². The third-order valence-corrected chi connectivity index (χ3v) is 5.93. The van der Waals surface area contributed by atoms with Gasteiger partial charge in [0.25, 0.3) is 11.6 Å². The molecule has 11 heteroatoms. The SMILES string of the molecule is O=C(O)c1cc(NC(=O)c2sc3c([N+](=O)[O-])cccc3c2Cl)c(Cl)cc1Cl. The van der Waals surface area contributed by atoms with Crippen molar-refractivity contribution >= 4 is 79.5 Å². The minimum atomic E-state index is -1.29. The molecule has 27 heavy (non-hydrogen) atoms. The highest BCUT2D eigenvalue weighted by Crippen LogP contribution is 2.40. The van der Waals surface area contributed by atoms with Gasteiger partial charge in [0, 0.05) is 11.5 Å². The number of benzene rings is 2. The van der Waals surface area contributed by atoms with Gasteiger partial charge in [-0.05, 0) is 12.1 Å². The van der Waals surface area contributed by atoms with Gasteiger partial charge >= 0.3 is 5.97 Å². The van der Waals surface area contributed by atoms with Gasteiger partial charge < -0.3 is 10.4 Å². The highest BCUT2D eigenvalue weighted by Gasteiger charge is 2.23. The lowest BCUT2D eigenvalue weighted by molar-refractivity contribution is -0.382. The third-order valence-electron chi connectivity index (χ3n) is 3.57. The van der Waals surface area contributed by atoms with E-state index in [0.29, 0.717) is 5.39 Å². The van der Waals surface area contributed by atoms with Crippen molar-refractivity contribution in [3.8, 4) is 0 Å². The largest absolute Gasteiger partial charge is 0.478 e. The average molecular weight is 446 g/mol. The van der Waals surface area contributed by atoms with Crippen molar-refractivity contribution in [2.24, 2.45) is 0 Å². The van der Waals surface area contributed by atoms with E-state index in [1.165, 1.54) is 18.2 Å². The zero-order valence-corrected chi connectivity index (χ0v) is 16.0. The van der Waals surface area contributed by atoms with Gasteiger partial charge in [0.1, 0.15) is 9.58 Å². The maximum absolute atomic E-state index is 12.6. The molecule has 1 heterocycles. The number of rotatable bonds is 4. The number of carboxylic acids is 1. The lowest BCUT2D eigenvalue weighted by Crippen LogP contribution is -2.12. The molecule has 0 aliphatic carbocycles. The Morgan fingerprint density at radius 3 is 2.48 bits per heavy atom. The summed E-state index contributed by atoms with van der Waals surface area (Å²) >= 11 is 18.9. The zero-order chi connectivity index (χ0) is 19.9. The number of nitrogens with one attached hydrogen (secondary N) is 1. The lowest BCUT2D eigenvalue weighted by Gasteiger charge is -2.09. The number of non-ortho nitro benzene ring substituents is 1. The molecule has 1 amide bonds. The number of aromatic carboxylic acids is 1. The summed E-state index contributed by atoms with van der Waals surface area (Å²) in [6, 6.07) is 6.66. The van der Waals surface area contributed by atoms with Crippen molar-refractivity contribution in [3.05, 3.63) is 66.0 Å². The van der Waals surface area contributed by atoms with Crippen LogP contribution in [-0.4, -0.2) is 21.9 Å². The molecule has 0 aliphatic heterocycles. The third kappa shape index (κ3) is 3.57. The first-order valence-corrected chi connectivity index (χ1v) is 9.04. The van der Waals surface area contributed by atoms with E-state index < -0.39 is 16.8 Å². The van der Waals surface area contributed by atoms with Gasteiger partial charge in [0.15, 0.2) is 0 Å². The van der Waals surface area contributed by atoms with Crippen molar-refractivity contribution in [1.82, 2.24) is 0 Å². The summed E-state index contributed by atoms with van der Waals surface area (Å²) in [4.78, 5) is 34.4. The van der Waals surface area contributed by atoms with Gasteiger partial charge in [-0.1, -0.05) is 46.9 Å². The van der Waals surface area contributed by atoms with Crippen LogP contribution in [0.3, 0.4) is 0 Å². The molecule has 0 bridgehead atoms. The Hall–Kier alpha value is -2.39. The lowest BCUT2D eigenvalue weighted by atomic mass is 10.2. The Balaban J connectivity index is 2.04. The number of nitro benzene ring substituents is 1. The number of halogens is 3. The number of nitrogens with zero attached hydrogens (tertiary/aromatic N) is 1. The van der Waals surface area contributed by atoms with Crippen LogP contribution in [0, 0.1) is 10.1 Å². The molecule has 0 saturated carbocycles. The number of carbonyl (C=O) groups is 2. The molecular formula is C16H7Cl3N2O5S. The molecule has 0 radical (unpaired) electrons. The van der Waals surface area contributed by atoms with Crippen molar-refractivity contribution in [2.45, 2.75) is 0 Å². The minimum Gasteiger partial charge on any atom is -0.478 e. The predicted molar refractivity (Wildman–Crippen MR) is 105 cm³/mol. The molecule has 2 N–H and O–H groups in total. The van der Waals surface area contributed by atoms with E-state index in [2.05, 4.69) is 5.32 Å². The Kier molecular flexibility index (Phi) is 5.25. The van der Waals surface area contributed by atoms with Crippen LogP contribution < -0.4 is 5.32 Å². The molecule has 0 spiro atoms. The van der Waals surface area contributed by atoms with Crippen LogP contribution in [0.15, 0.2) is 30.3 Å². The standard InChI is InChI=1S/C16H7Cl3N2O5S/c17-8-5-9(18)10(4-7(8)16(23)24)20-15(22)14-12(19)6-2-1-3-11(21(25)26)13(6)27-14/h1-5H,(H,20,22)(H,23,24). The monoisotopic (exact) mass is 444 g/mol. The highest BCUT2D eigenvalue weighted by atomic mass is 35.5. The Labute approximate surface area is 170 Å². The number of carboxylic acid groups (broad SMARTS) is 1. The summed E-state index contributed by atoms with van der Waals surface area (Å²) in [7, 11) is 0. The number of hydrogen-bond donors (Lipinski definition) is 2. The number of amides is 1. The number of nitro groups is 1. The van der Waals surface area contributed by atoms with Gasteiger partial charge in [-0.15, -0.1) is 11.3 Å². The molecular weight excluding hydrogens is 439 g/mol. The maximum Gasteiger partial charge on any atom is 0.337 e. The number of thiophene rings is 1. The normalized spacial score (nSPS) is 10.8. The second-order valence-corrected chi connectivity index (χ2v) is 7.44. The van der Waals surface area contributed by atoms with Crippen LogP contribution in [-0.2, 0) is 0 Å². The predicted octanol–water partition coefficient (Wildman–Crippen LogP) is 5.72. The first-order valence-electron chi connectivity index (χ1n) is 7.09. The molecule has 138 valence electrons. The van der Waals surface area contributed by atoms with Crippen molar-refractivity contribution < 1.29 is 19.6 Å². The molecule has 0 aliphatic rings. The summed E-state index contributed by atoms with van der Waals surface area (Å²) < 4.78 is 0.256. The molecule has 3 aromatic rings. The second kappa shape index (κ2) is 7.32. The van der Waals surface area contributed by atoms with Gasteiger partial charge in [-0.2, -0.15) is 0 Å². The second-order valence-electron chi connectivity index (χ2n) is 5.23. The summed E-state index contributed by atoms with van der Waals surface area (Å²) in [5, 5.41) is 23.1. The van der Waals surface area contributed by atoms with E-state index in [4.69, 9.17) is 39.9 Å². The van der Waals surface area contributed by atoms with Crippen LogP contribution in [0.2, 0.25) is 15.1 Å². The zero-order valence-electron chi connectivity index (χ0n) is 13.0. The van der Waals surface area contributed by atoms with Crippen LogP contribution >= 0.6 is 46.1 Å². The number of anilines is 1. The van der Waals surface area contributed by atoms with Crippen molar-refractivity contribution in [2.75, 3.05) is 5.32 Å². The van der Waals surface area contributed by atoms with E-state index in [1.807, 2.05) is 0 Å². The first kappa shape index (κ1) is 19.4. The Morgan fingerprint density at radius 1 is 1.15 bits per heavy atom. The quantitative estimate of drug-likeness (QED) is 0.394.